The van der Waals surface area contributed by atoms with Crippen LogP contribution in [-0.4, -0.2) is 17.4 Å². The van der Waals surface area contributed by atoms with Gasteiger partial charge in [0.2, 0.25) is 0 Å². The van der Waals surface area contributed by atoms with Crippen LogP contribution in [0.25, 0.3) is 0 Å². The third-order valence-corrected chi connectivity index (χ3v) is 2.74. The molecule has 19 heavy (non-hydrogen) atoms. The maximum absolute atomic E-state index is 13.7. The fraction of sp³-hybridized carbons (Fsp3) is 0.143. The lowest BCUT2D eigenvalue weighted by Crippen LogP contribution is -2.31. The number of benzene rings is 1. The molecule has 2 rings (SSSR count). The van der Waals surface area contributed by atoms with E-state index in [0.717, 1.165) is 0 Å². The van der Waals surface area contributed by atoms with E-state index >= 15 is 0 Å². The lowest BCUT2D eigenvalue weighted by atomic mass is 10.2. The molecule has 2 aromatic rings. The minimum absolute atomic E-state index is 0.256. The zero-order valence-electron chi connectivity index (χ0n) is 10.5. The molecule has 98 valence electrons. The molecule has 1 aromatic heterocycles. The van der Waals surface area contributed by atoms with Crippen LogP contribution in [0.2, 0.25) is 0 Å². The predicted octanol–water partition coefficient (Wildman–Crippen LogP) is 2.47. The normalized spacial score (nSPS) is 10.2. The third-order valence-electron chi connectivity index (χ3n) is 2.74. The van der Waals surface area contributed by atoms with Gasteiger partial charge in [-0.05, 0) is 31.2 Å². The van der Waals surface area contributed by atoms with Gasteiger partial charge in [-0.25, -0.2) is 9.37 Å². The van der Waals surface area contributed by atoms with E-state index in [2.05, 4.69) is 4.98 Å². The lowest BCUT2D eigenvalue weighted by Gasteiger charge is -2.21. The summed E-state index contributed by atoms with van der Waals surface area (Å²) in [5.41, 5.74) is 6.11. The zero-order valence-corrected chi connectivity index (χ0v) is 10.5. The van der Waals surface area contributed by atoms with Gasteiger partial charge in [-0.1, -0.05) is 12.1 Å². The summed E-state index contributed by atoms with van der Waals surface area (Å²) in [5.74, 6) is -0.397. The van der Waals surface area contributed by atoms with Crippen molar-refractivity contribution in [2.75, 3.05) is 17.2 Å². The summed E-state index contributed by atoms with van der Waals surface area (Å²) in [7, 11) is 0. The molecule has 0 bridgehead atoms. The molecule has 0 radical (unpaired) electrons. The monoisotopic (exact) mass is 259 g/mol. The molecular weight excluding hydrogens is 245 g/mol. The van der Waals surface area contributed by atoms with E-state index < -0.39 is 5.82 Å². The first-order valence-corrected chi connectivity index (χ1v) is 5.91. The summed E-state index contributed by atoms with van der Waals surface area (Å²) < 4.78 is 13.7. The second-order valence-electron chi connectivity index (χ2n) is 3.97. The number of hydrogen-bond acceptors (Lipinski definition) is 3. The average molecular weight is 259 g/mol. The Kier molecular flexibility index (Phi) is 3.75. The molecule has 0 saturated heterocycles. The number of anilines is 2. The Morgan fingerprint density at radius 3 is 2.63 bits per heavy atom. The van der Waals surface area contributed by atoms with Crippen LogP contribution in [0.1, 0.15) is 17.3 Å². The maximum atomic E-state index is 13.7. The number of nitrogens with zero attached hydrogens (tertiary/aromatic N) is 2. The molecule has 0 unspecified atom stereocenters. The Balaban J connectivity index is 2.35. The highest BCUT2D eigenvalue weighted by Crippen LogP contribution is 2.20. The first kappa shape index (κ1) is 13.0. The number of hydrogen-bond donors (Lipinski definition) is 1. The molecular formula is C14H14FN3O. The van der Waals surface area contributed by atoms with Gasteiger partial charge in [-0.3, -0.25) is 4.79 Å². The summed E-state index contributed by atoms with van der Waals surface area (Å²) >= 11 is 0. The van der Waals surface area contributed by atoms with E-state index in [-0.39, 0.29) is 11.6 Å². The Labute approximate surface area is 110 Å². The molecule has 1 heterocycles. The number of nitrogen functional groups attached to an aromatic ring is 1. The van der Waals surface area contributed by atoms with Gasteiger partial charge in [0, 0.05) is 12.7 Å². The van der Waals surface area contributed by atoms with Crippen molar-refractivity contribution >= 4 is 17.4 Å². The number of carbonyl (C=O) groups excluding carboxylic acids is 1. The maximum Gasteiger partial charge on any atom is 0.259 e. The number of rotatable bonds is 3. The first-order chi connectivity index (χ1) is 9.13. The average Bonchev–Trinajstić information content (AvgIpc) is 2.42. The quantitative estimate of drug-likeness (QED) is 0.921. The van der Waals surface area contributed by atoms with Crippen LogP contribution in [0.3, 0.4) is 0 Å². The van der Waals surface area contributed by atoms with Gasteiger partial charge in [-0.2, -0.15) is 0 Å². The van der Waals surface area contributed by atoms with Gasteiger partial charge >= 0.3 is 0 Å². The number of aromatic nitrogens is 1. The van der Waals surface area contributed by atoms with Crippen molar-refractivity contribution < 1.29 is 9.18 Å². The van der Waals surface area contributed by atoms with E-state index in [0.29, 0.717) is 17.9 Å². The molecule has 0 saturated carbocycles. The molecule has 1 amide bonds. The van der Waals surface area contributed by atoms with Gasteiger partial charge in [0.25, 0.3) is 5.91 Å². The van der Waals surface area contributed by atoms with Crippen molar-refractivity contribution in [1.29, 1.82) is 0 Å². The fourth-order valence-electron chi connectivity index (χ4n) is 1.78. The van der Waals surface area contributed by atoms with Crippen molar-refractivity contribution in [3.05, 3.63) is 54.0 Å². The van der Waals surface area contributed by atoms with E-state index in [1.165, 1.54) is 17.2 Å². The van der Waals surface area contributed by atoms with Crippen LogP contribution in [0.4, 0.5) is 15.9 Å². The molecule has 0 fully saturated rings. The van der Waals surface area contributed by atoms with E-state index in [4.69, 9.17) is 5.73 Å². The minimum Gasteiger partial charge on any atom is -0.384 e. The van der Waals surface area contributed by atoms with Gasteiger partial charge < -0.3 is 10.6 Å². The minimum atomic E-state index is -0.430. The second-order valence-corrected chi connectivity index (χ2v) is 3.97. The van der Waals surface area contributed by atoms with Crippen LogP contribution < -0.4 is 10.6 Å². The highest BCUT2D eigenvalue weighted by molar-refractivity contribution is 6.06. The van der Waals surface area contributed by atoms with Crippen LogP contribution in [0.15, 0.2) is 42.6 Å². The van der Waals surface area contributed by atoms with Crippen molar-refractivity contribution in [3.8, 4) is 0 Å². The van der Waals surface area contributed by atoms with Crippen molar-refractivity contribution in [2.24, 2.45) is 0 Å². The number of amides is 1. The molecule has 5 heteroatoms. The SMILES string of the molecule is CCN(C(=O)c1ccc(N)nc1)c1ccccc1F. The Bertz CT molecular complexity index is 583. The largest absolute Gasteiger partial charge is 0.384 e. The number of halogens is 1. The molecule has 4 nitrogen and oxygen atoms in total. The predicted molar refractivity (Wildman–Crippen MR) is 72.4 cm³/mol. The van der Waals surface area contributed by atoms with Crippen molar-refractivity contribution in [3.63, 3.8) is 0 Å². The number of pyridine rings is 1. The van der Waals surface area contributed by atoms with Gasteiger partial charge in [0.15, 0.2) is 0 Å². The highest BCUT2D eigenvalue weighted by Gasteiger charge is 2.18. The topological polar surface area (TPSA) is 59.2 Å². The third kappa shape index (κ3) is 2.70. The molecule has 0 aliphatic rings. The standard InChI is InChI=1S/C14H14FN3O/c1-2-18(12-6-4-3-5-11(12)15)14(19)10-7-8-13(16)17-9-10/h3-9H,2H2,1H3,(H2,16,17). The van der Waals surface area contributed by atoms with Crippen LogP contribution in [0, 0.1) is 5.82 Å². The van der Waals surface area contributed by atoms with Crippen molar-refractivity contribution in [1.82, 2.24) is 4.98 Å². The van der Waals surface area contributed by atoms with Gasteiger partial charge in [-0.15, -0.1) is 0 Å². The van der Waals surface area contributed by atoms with Gasteiger partial charge in [0.05, 0.1) is 11.3 Å². The Morgan fingerprint density at radius 1 is 1.32 bits per heavy atom. The van der Waals surface area contributed by atoms with E-state index in [1.54, 1.807) is 37.3 Å². The number of para-hydroxylation sites is 1. The number of carbonyl (C=O) groups is 1. The molecule has 0 spiro atoms. The molecule has 1 aromatic carbocycles. The Hall–Kier alpha value is -2.43. The van der Waals surface area contributed by atoms with Crippen LogP contribution >= 0.6 is 0 Å². The Morgan fingerprint density at radius 2 is 2.05 bits per heavy atom. The van der Waals surface area contributed by atoms with Gasteiger partial charge in [0.1, 0.15) is 11.6 Å². The zero-order chi connectivity index (χ0) is 13.8. The summed E-state index contributed by atoms with van der Waals surface area (Å²) in [4.78, 5) is 17.6. The molecule has 2 N–H and O–H groups in total. The first-order valence-electron chi connectivity index (χ1n) is 5.91. The fourth-order valence-corrected chi connectivity index (χ4v) is 1.78. The van der Waals surface area contributed by atoms with Crippen LogP contribution in [-0.2, 0) is 0 Å². The van der Waals surface area contributed by atoms with E-state index in [1.807, 2.05) is 0 Å². The van der Waals surface area contributed by atoms with Crippen molar-refractivity contribution in [2.45, 2.75) is 6.92 Å². The van der Waals surface area contributed by atoms with E-state index in [9.17, 15) is 9.18 Å². The molecule has 0 atom stereocenters. The smallest absolute Gasteiger partial charge is 0.259 e. The summed E-state index contributed by atoms with van der Waals surface area (Å²) in [6.07, 6.45) is 1.39. The second kappa shape index (κ2) is 5.48. The van der Waals surface area contributed by atoms with Crippen LogP contribution in [0.5, 0.6) is 0 Å². The summed E-state index contributed by atoms with van der Waals surface area (Å²) in [6.45, 7) is 2.15. The summed E-state index contributed by atoms with van der Waals surface area (Å²) in [6, 6.07) is 9.29. The highest BCUT2D eigenvalue weighted by atomic mass is 19.1. The number of nitrogens with two attached hydrogens (primary N) is 1. The molecule has 0 aliphatic carbocycles. The lowest BCUT2D eigenvalue weighted by molar-refractivity contribution is 0.0987. The summed E-state index contributed by atoms with van der Waals surface area (Å²) in [5, 5.41) is 0. The molecule has 0 aliphatic heterocycles.